The van der Waals surface area contributed by atoms with Crippen LogP contribution in [0.2, 0.25) is 0 Å². The molecule has 42 heavy (non-hydrogen) atoms. The van der Waals surface area contributed by atoms with Gasteiger partial charge in [0.2, 0.25) is 0 Å². The third-order valence-electron chi connectivity index (χ3n) is 6.60. The summed E-state index contributed by atoms with van der Waals surface area (Å²) in [4.78, 5) is 25.7. The van der Waals surface area contributed by atoms with Crippen molar-refractivity contribution in [3.8, 4) is 11.5 Å². The molecule has 0 bridgehead atoms. The van der Waals surface area contributed by atoms with E-state index in [4.69, 9.17) is 9.47 Å². The van der Waals surface area contributed by atoms with Crippen molar-refractivity contribution in [2.75, 3.05) is 23.8 Å². The van der Waals surface area contributed by atoms with Gasteiger partial charge in [-0.3, -0.25) is 9.59 Å². The molecule has 0 saturated heterocycles. The zero-order chi connectivity index (χ0) is 29.0. The van der Waals surface area contributed by atoms with Gasteiger partial charge in [0.15, 0.2) is 0 Å². The molecule has 2 amide bonds. The maximum absolute atomic E-state index is 12.8. The van der Waals surface area contributed by atoms with E-state index in [2.05, 4.69) is 34.9 Å². The Balaban J connectivity index is 1.11. The van der Waals surface area contributed by atoms with Gasteiger partial charge in [0.25, 0.3) is 11.8 Å². The topological polar surface area (TPSA) is 76.7 Å². The lowest BCUT2D eigenvalue weighted by Crippen LogP contribution is -2.14. The van der Waals surface area contributed by atoms with Crippen molar-refractivity contribution in [1.29, 1.82) is 0 Å². The van der Waals surface area contributed by atoms with E-state index in [1.165, 1.54) is 11.1 Å². The van der Waals surface area contributed by atoms with Gasteiger partial charge in [-0.1, -0.05) is 72.8 Å². The van der Waals surface area contributed by atoms with Crippen LogP contribution in [0.3, 0.4) is 0 Å². The van der Waals surface area contributed by atoms with Crippen LogP contribution in [0.1, 0.15) is 31.8 Å². The van der Waals surface area contributed by atoms with Crippen LogP contribution in [-0.4, -0.2) is 25.0 Å². The average molecular weight is 557 g/mol. The van der Waals surface area contributed by atoms with Crippen molar-refractivity contribution >= 4 is 23.2 Å². The van der Waals surface area contributed by atoms with Crippen molar-refractivity contribution in [1.82, 2.24) is 0 Å². The number of carbonyl (C=O) groups excluding carboxylic acids is 2. The van der Waals surface area contributed by atoms with E-state index < -0.39 is 0 Å². The smallest absolute Gasteiger partial charge is 0.255 e. The number of ether oxygens (including phenoxy) is 2. The summed E-state index contributed by atoms with van der Waals surface area (Å²) in [5.74, 6) is 0.815. The number of carbonyl (C=O) groups is 2. The molecular formula is C36H32N2O4. The Morgan fingerprint density at radius 1 is 0.476 bits per heavy atom. The molecule has 210 valence electrons. The first-order chi connectivity index (χ1) is 20.6. The van der Waals surface area contributed by atoms with Crippen LogP contribution in [0.15, 0.2) is 133 Å². The van der Waals surface area contributed by atoms with Gasteiger partial charge in [0.05, 0.1) is 13.2 Å². The molecule has 5 rings (SSSR count). The largest absolute Gasteiger partial charge is 0.493 e. The monoisotopic (exact) mass is 556 g/mol. The normalized spacial score (nSPS) is 10.5. The van der Waals surface area contributed by atoms with Crippen molar-refractivity contribution in [2.45, 2.75) is 12.8 Å². The Morgan fingerprint density at radius 3 is 1.29 bits per heavy atom. The lowest BCUT2D eigenvalue weighted by molar-refractivity contribution is 0.101. The minimum Gasteiger partial charge on any atom is -0.493 e. The summed E-state index contributed by atoms with van der Waals surface area (Å²) in [6.45, 7) is 1.08. The fraction of sp³-hybridized carbons (Fsp3) is 0.111. The molecule has 0 aliphatic rings. The quantitative estimate of drug-likeness (QED) is 0.168. The van der Waals surface area contributed by atoms with Gasteiger partial charge in [0, 0.05) is 47.5 Å². The summed E-state index contributed by atoms with van der Waals surface area (Å²) >= 11 is 0. The number of benzene rings is 5. The molecule has 0 aliphatic carbocycles. The predicted octanol–water partition coefficient (Wildman–Crippen LogP) is 7.43. The minimum atomic E-state index is -0.274. The van der Waals surface area contributed by atoms with Gasteiger partial charge in [-0.05, 0) is 59.7 Å². The average Bonchev–Trinajstić information content (AvgIpc) is 3.02. The summed E-state index contributed by atoms with van der Waals surface area (Å²) < 4.78 is 11.7. The summed E-state index contributed by atoms with van der Waals surface area (Å²) in [6.07, 6.45) is 1.59. The molecule has 0 unspecified atom stereocenters. The van der Waals surface area contributed by atoms with Crippen LogP contribution in [0, 0.1) is 0 Å². The van der Waals surface area contributed by atoms with Gasteiger partial charge in [-0.2, -0.15) is 0 Å². The summed E-state index contributed by atoms with van der Waals surface area (Å²) in [6, 6.07) is 41.4. The second kappa shape index (κ2) is 14.3. The second-order valence-corrected chi connectivity index (χ2v) is 9.71. The predicted molar refractivity (Wildman–Crippen MR) is 167 cm³/mol. The molecule has 0 radical (unpaired) electrons. The van der Waals surface area contributed by atoms with Crippen molar-refractivity contribution in [3.05, 3.63) is 156 Å². The highest BCUT2D eigenvalue weighted by molar-refractivity contribution is 6.07. The molecule has 0 heterocycles. The van der Waals surface area contributed by atoms with E-state index in [0.717, 1.165) is 12.8 Å². The highest BCUT2D eigenvalue weighted by atomic mass is 16.5. The van der Waals surface area contributed by atoms with Crippen molar-refractivity contribution < 1.29 is 19.1 Å². The number of amides is 2. The fourth-order valence-corrected chi connectivity index (χ4v) is 4.37. The Labute approximate surface area is 245 Å². The molecule has 0 saturated carbocycles. The van der Waals surface area contributed by atoms with Crippen LogP contribution in [0.5, 0.6) is 11.5 Å². The second-order valence-electron chi connectivity index (χ2n) is 9.71. The van der Waals surface area contributed by atoms with Gasteiger partial charge in [0.1, 0.15) is 11.5 Å². The molecular weight excluding hydrogens is 524 g/mol. The number of anilines is 2. The molecule has 5 aromatic carbocycles. The van der Waals surface area contributed by atoms with E-state index in [1.807, 2.05) is 72.8 Å². The third kappa shape index (κ3) is 8.32. The van der Waals surface area contributed by atoms with Crippen molar-refractivity contribution in [3.63, 3.8) is 0 Å². The number of rotatable bonds is 12. The number of nitrogens with one attached hydrogen (secondary N) is 2. The van der Waals surface area contributed by atoms with E-state index in [1.54, 1.807) is 36.4 Å². The number of hydrogen-bond acceptors (Lipinski definition) is 4. The van der Waals surface area contributed by atoms with Gasteiger partial charge < -0.3 is 20.1 Å². The third-order valence-corrected chi connectivity index (χ3v) is 6.60. The van der Waals surface area contributed by atoms with Crippen LogP contribution in [0.25, 0.3) is 0 Å². The zero-order valence-electron chi connectivity index (χ0n) is 23.2. The first kappa shape index (κ1) is 28.2. The molecule has 0 atom stereocenters. The molecule has 0 aromatic heterocycles. The minimum absolute atomic E-state index is 0.274. The summed E-state index contributed by atoms with van der Waals surface area (Å²) in [5.41, 5.74) is 4.55. The first-order valence-corrected chi connectivity index (χ1v) is 13.9. The molecule has 2 N–H and O–H groups in total. The van der Waals surface area contributed by atoms with Crippen LogP contribution in [-0.2, 0) is 12.8 Å². The lowest BCUT2D eigenvalue weighted by Gasteiger charge is -2.11. The van der Waals surface area contributed by atoms with E-state index in [-0.39, 0.29) is 11.8 Å². The van der Waals surface area contributed by atoms with E-state index in [9.17, 15) is 9.59 Å². The van der Waals surface area contributed by atoms with E-state index in [0.29, 0.717) is 47.2 Å². The molecule has 0 aliphatic heterocycles. The SMILES string of the molecule is O=C(Nc1cccc(OCCc2ccccc2)c1)c1ccc(C(=O)Nc2cccc(OCCc3ccccc3)c2)cc1. The molecule has 6 heteroatoms. The Bertz CT molecular complexity index is 1480. The molecule has 6 nitrogen and oxygen atoms in total. The first-order valence-electron chi connectivity index (χ1n) is 13.9. The molecule has 5 aromatic rings. The fourth-order valence-electron chi connectivity index (χ4n) is 4.37. The van der Waals surface area contributed by atoms with Crippen LogP contribution in [0.4, 0.5) is 11.4 Å². The van der Waals surface area contributed by atoms with Crippen molar-refractivity contribution in [2.24, 2.45) is 0 Å². The standard InChI is InChI=1S/C36H32N2O4/c39-35(37-31-13-7-15-33(25-31)41-23-21-27-9-3-1-4-10-27)29-17-19-30(20-18-29)36(40)38-32-14-8-16-34(26-32)42-24-22-28-11-5-2-6-12-28/h1-20,25-26H,21-24H2,(H,37,39)(H,38,40). The summed E-state index contributed by atoms with van der Waals surface area (Å²) in [5, 5.41) is 5.79. The van der Waals surface area contributed by atoms with Crippen LogP contribution >= 0.6 is 0 Å². The zero-order valence-corrected chi connectivity index (χ0v) is 23.2. The maximum atomic E-state index is 12.8. The summed E-state index contributed by atoms with van der Waals surface area (Å²) in [7, 11) is 0. The lowest BCUT2D eigenvalue weighted by atomic mass is 10.1. The van der Waals surface area contributed by atoms with Gasteiger partial charge >= 0.3 is 0 Å². The van der Waals surface area contributed by atoms with Gasteiger partial charge in [-0.25, -0.2) is 0 Å². The van der Waals surface area contributed by atoms with Crippen LogP contribution < -0.4 is 20.1 Å². The highest BCUT2D eigenvalue weighted by Gasteiger charge is 2.11. The maximum Gasteiger partial charge on any atom is 0.255 e. The molecule has 0 spiro atoms. The Morgan fingerprint density at radius 2 is 0.881 bits per heavy atom. The Hall–Kier alpha value is -5.36. The highest BCUT2D eigenvalue weighted by Crippen LogP contribution is 2.20. The number of hydrogen-bond donors (Lipinski definition) is 2. The van der Waals surface area contributed by atoms with E-state index >= 15 is 0 Å². The molecule has 0 fully saturated rings. The Kier molecular flexibility index (Phi) is 9.61. The van der Waals surface area contributed by atoms with Gasteiger partial charge in [-0.15, -0.1) is 0 Å².